The summed E-state index contributed by atoms with van der Waals surface area (Å²) in [5, 5.41) is 9.64. The van der Waals surface area contributed by atoms with Gasteiger partial charge in [-0.05, 0) is 13.3 Å². The number of amides is 1. The maximum atomic E-state index is 11.8. The molecule has 18 heavy (non-hydrogen) atoms. The molecule has 0 unspecified atom stereocenters. The van der Waals surface area contributed by atoms with Crippen LogP contribution in [0.5, 0.6) is 0 Å². The highest BCUT2D eigenvalue weighted by molar-refractivity contribution is 7.91. The minimum atomic E-state index is -3.65. The lowest BCUT2D eigenvalue weighted by atomic mass is 10.4. The van der Waals surface area contributed by atoms with Crippen LogP contribution in [0, 0.1) is 0 Å². The largest absolute Gasteiger partial charge is 0.301 e. The van der Waals surface area contributed by atoms with Gasteiger partial charge in [-0.1, -0.05) is 23.5 Å². The number of hydrogen-bond acceptors (Lipinski definition) is 6. The molecule has 0 aliphatic heterocycles. The van der Waals surface area contributed by atoms with Crippen molar-refractivity contribution < 1.29 is 13.2 Å². The third kappa shape index (κ3) is 4.51. The third-order valence-electron chi connectivity index (χ3n) is 1.76. The van der Waals surface area contributed by atoms with Crippen LogP contribution in [-0.2, 0) is 14.8 Å². The molecule has 0 bridgehead atoms. The lowest BCUT2D eigenvalue weighted by molar-refractivity contribution is -0.114. The maximum Gasteiger partial charge on any atom is 0.269 e. The molecule has 0 fully saturated rings. The van der Waals surface area contributed by atoms with Gasteiger partial charge in [-0.3, -0.25) is 4.79 Å². The monoisotopic (exact) mass is 290 g/mol. The molecule has 0 spiro atoms. The Bertz CT molecular complexity index is 536. The number of nitrogens with zero attached hydrogens (tertiary/aromatic N) is 2. The second kappa shape index (κ2) is 6.57. The summed E-state index contributed by atoms with van der Waals surface area (Å²) in [6.45, 7) is 3.46. The van der Waals surface area contributed by atoms with Crippen molar-refractivity contribution in [3.63, 3.8) is 0 Å². The Morgan fingerprint density at radius 2 is 2.17 bits per heavy atom. The van der Waals surface area contributed by atoms with Crippen LogP contribution in [0.3, 0.4) is 0 Å². The highest BCUT2D eigenvalue weighted by Gasteiger charge is 2.19. The van der Waals surface area contributed by atoms with Crippen molar-refractivity contribution in [2.75, 3.05) is 11.9 Å². The molecule has 7 nitrogen and oxygen atoms in total. The SMILES string of the molecule is C/C=C/CCNS(=O)(=O)c1nnc(NC(C)=O)s1. The van der Waals surface area contributed by atoms with Crippen molar-refractivity contribution >= 4 is 32.4 Å². The quantitative estimate of drug-likeness (QED) is 0.457. The van der Waals surface area contributed by atoms with E-state index in [-0.39, 0.29) is 15.4 Å². The summed E-state index contributed by atoms with van der Waals surface area (Å²) in [6, 6.07) is 0. The smallest absolute Gasteiger partial charge is 0.269 e. The van der Waals surface area contributed by atoms with Gasteiger partial charge < -0.3 is 5.32 Å². The molecule has 0 aliphatic rings. The van der Waals surface area contributed by atoms with Crippen molar-refractivity contribution in [3.8, 4) is 0 Å². The minimum absolute atomic E-state index is 0.160. The number of aromatic nitrogens is 2. The van der Waals surface area contributed by atoms with E-state index in [2.05, 4.69) is 20.2 Å². The minimum Gasteiger partial charge on any atom is -0.301 e. The standard InChI is InChI=1S/C9H14N4O3S2/c1-3-4-5-6-10-18(15,16)9-13-12-8(17-9)11-7(2)14/h3-4,10H,5-6H2,1-2H3,(H,11,12,14)/b4-3+. The summed E-state index contributed by atoms with van der Waals surface area (Å²) in [5.74, 6) is -0.323. The summed E-state index contributed by atoms with van der Waals surface area (Å²) in [4.78, 5) is 10.8. The van der Waals surface area contributed by atoms with Crippen LogP contribution in [0.2, 0.25) is 0 Å². The van der Waals surface area contributed by atoms with E-state index in [0.29, 0.717) is 13.0 Å². The molecule has 1 amide bonds. The number of rotatable bonds is 6. The van der Waals surface area contributed by atoms with E-state index < -0.39 is 10.0 Å². The van der Waals surface area contributed by atoms with Crippen LogP contribution in [0.4, 0.5) is 5.13 Å². The highest BCUT2D eigenvalue weighted by atomic mass is 32.2. The van der Waals surface area contributed by atoms with Crippen molar-refractivity contribution in [2.24, 2.45) is 0 Å². The zero-order valence-corrected chi connectivity index (χ0v) is 11.6. The van der Waals surface area contributed by atoms with Gasteiger partial charge in [0.05, 0.1) is 0 Å². The summed E-state index contributed by atoms with van der Waals surface area (Å²) >= 11 is 0.809. The normalized spacial score (nSPS) is 11.9. The van der Waals surface area contributed by atoms with Crippen molar-refractivity contribution in [3.05, 3.63) is 12.2 Å². The number of carbonyl (C=O) groups excluding carboxylic acids is 1. The van der Waals surface area contributed by atoms with Gasteiger partial charge in [-0.25, -0.2) is 13.1 Å². The Balaban J connectivity index is 2.67. The van der Waals surface area contributed by atoms with E-state index in [1.54, 1.807) is 0 Å². The van der Waals surface area contributed by atoms with Crippen LogP contribution in [0.1, 0.15) is 20.3 Å². The van der Waals surface area contributed by atoms with Crippen molar-refractivity contribution in [1.29, 1.82) is 0 Å². The molecule has 2 N–H and O–H groups in total. The van der Waals surface area contributed by atoms with E-state index in [1.807, 2.05) is 19.1 Å². The highest BCUT2D eigenvalue weighted by Crippen LogP contribution is 2.19. The molecule has 0 atom stereocenters. The van der Waals surface area contributed by atoms with Gasteiger partial charge in [-0.15, -0.1) is 10.2 Å². The predicted octanol–water partition coefficient (Wildman–Crippen LogP) is 0.741. The molecule has 1 aromatic heterocycles. The average Bonchev–Trinajstić information content (AvgIpc) is 2.73. The first kappa shape index (κ1) is 14.7. The van der Waals surface area contributed by atoms with Gasteiger partial charge in [-0.2, -0.15) is 0 Å². The summed E-state index contributed by atoms with van der Waals surface area (Å²) in [7, 11) is -3.65. The summed E-state index contributed by atoms with van der Waals surface area (Å²) in [6.07, 6.45) is 4.30. The first-order valence-electron chi connectivity index (χ1n) is 5.17. The Hall–Kier alpha value is -1.32. The fourth-order valence-electron chi connectivity index (χ4n) is 1.02. The van der Waals surface area contributed by atoms with Crippen LogP contribution in [0.15, 0.2) is 16.5 Å². The molecule has 1 heterocycles. The van der Waals surface area contributed by atoms with Crippen molar-refractivity contribution in [1.82, 2.24) is 14.9 Å². The topological polar surface area (TPSA) is 101 Å². The lowest BCUT2D eigenvalue weighted by Gasteiger charge is -2.00. The molecule has 0 aliphatic carbocycles. The zero-order valence-electron chi connectivity index (χ0n) is 10.0. The van der Waals surface area contributed by atoms with E-state index in [9.17, 15) is 13.2 Å². The van der Waals surface area contributed by atoms with Crippen molar-refractivity contribution in [2.45, 2.75) is 24.6 Å². The second-order valence-electron chi connectivity index (χ2n) is 3.31. The van der Waals surface area contributed by atoms with E-state index in [0.717, 1.165) is 11.3 Å². The second-order valence-corrected chi connectivity index (χ2v) is 6.23. The first-order valence-corrected chi connectivity index (χ1v) is 7.47. The molecule has 0 saturated carbocycles. The summed E-state index contributed by atoms with van der Waals surface area (Å²) in [5.41, 5.74) is 0. The van der Waals surface area contributed by atoms with Gasteiger partial charge >= 0.3 is 0 Å². The number of sulfonamides is 1. The van der Waals surface area contributed by atoms with Gasteiger partial charge in [0.1, 0.15) is 0 Å². The van der Waals surface area contributed by atoms with Crippen LogP contribution in [0.25, 0.3) is 0 Å². The third-order valence-corrected chi connectivity index (χ3v) is 4.43. The van der Waals surface area contributed by atoms with Crippen LogP contribution in [-0.4, -0.2) is 31.1 Å². The summed E-state index contributed by atoms with van der Waals surface area (Å²) < 4.78 is 25.7. The van der Waals surface area contributed by atoms with Gasteiger partial charge in [0.25, 0.3) is 10.0 Å². The first-order chi connectivity index (χ1) is 8.45. The molecule has 0 saturated heterocycles. The Kier molecular flexibility index (Phi) is 5.38. The molecule has 9 heteroatoms. The molecule has 1 aromatic rings. The number of carbonyl (C=O) groups is 1. The molecule has 1 rings (SSSR count). The number of hydrogen-bond donors (Lipinski definition) is 2. The van der Waals surface area contributed by atoms with Gasteiger partial charge in [0.2, 0.25) is 15.4 Å². The van der Waals surface area contributed by atoms with Crippen LogP contribution < -0.4 is 10.0 Å². The molecule has 0 aromatic carbocycles. The number of nitrogens with one attached hydrogen (secondary N) is 2. The predicted molar refractivity (Wildman–Crippen MR) is 68.8 cm³/mol. The Labute approximate surface area is 109 Å². The molecular weight excluding hydrogens is 276 g/mol. The maximum absolute atomic E-state index is 11.8. The van der Waals surface area contributed by atoms with Gasteiger partial charge in [0, 0.05) is 13.5 Å². The number of allylic oxidation sites excluding steroid dienone is 1. The van der Waals surface area contributed by atoms with E-state index in [1.165, 1.54) is 6.92 Å². The van der Waals surface area contributed by atoms with E-state index in [4.69, 9.17) is 0 Å². The van der Waals surface area contributed by atoms with Crippen LogP contribution >= 0.6 is 11.3 Å². The lowest BCUT2D eigenvalue weighted by Crippen LogP contribution is -2.24. The Morgan fingerprint density at radius 1 is 1.44 bits per heavy atom. The fourth-order valence-corrected chi connectivity index (χ4v) is 3.06. The average molecular weight is 290 g/mol. The van der Waals surface area contributed by atoms with E-state index >= 15 is 0 Å². The zero-order chi connectivity index (χ0) is 13.6. The fraction of sp³-hybridized carbons (Fsp3) is 0.444. The van der Waals surface area contributed by atoms with Gasteiger partial charge in [0.15, 0.2) is 0 Å². The molecule has 0 radical (unpaired) electrons. The number of anilines is 1. The molecular formula is C9H14N4O3S2. The Morgan fingerprint density at radius 3 is 2.78 bits per heavy atom. The molecule has 100 valence electrons.